The highest BCUT2D eigenvalue weighted by Gasteiger charge is 2.24. The lowest BCUT2D eigenvalue weighted by Crippen LogP contribution is -2.24. The zero-order valence-corrected chi connectivity index (χ0v) is 14.5. The van der Waals surface area contributed by atoms with Gasteiger partial charge < -0.3 is 10.5 Å². The molecule has 0 spiro atoms. The molecule has 2 aromatic carbocycles. The fourth-order valence-corrected chi connectivity index (χ4v) is 3.49. The number of aromatic nitrogens is 1. The van der Waals surface area contributed by atoms with Gasteiger partial charge in [0.15, 0.2) is 0 Å². The number of pyridine rings is 1. The van der Waals surface area contributed by atoms with Crippen LogP contribution in [0.5, 0.6) is 5.75 Å². The molecule has 0 amide bonds. The van der Waals surface area contributed by atoms with Gasteiger partial charge in [0, 0.05) is 42.5 Å². The molecule has 4 heteroatoms. The first-order valence-corrected chi connectivity index (χ1v) is 8.77. The summed E-state index contributed by atoms with van der Waals surface area (Å²) in [7, 11) is 0. The Bertz CT molecular complexity index is 879. The van der Waals surface area contributed by atoms with Crippen molar-refractivity contribution in [2.45, 2.75) is 26.0 Å². The van der Waals surface area contributed by atoms with E-state index in [2.05, 4.69) is 40.2 Å². The number of aryl methyl sites for hydroxylation is 1. The average molecular weight is 333 g/mol. The summed E-state index contributed by atoms with van der Waals surface area (Å²) in [5.74, 6) is 0.890. The molecule has 2 heterocycles. The van der Waals surface area contributed by atoms with Crippen molar-refractivity contribution >= 4 is 16.6 Å². The zero-order chi connectivity index (χ0) is 17.2. The monoisotopic (exact) mass is 333 g/mol. The maximum atomic E-state index is 6.36. The number of anilines is 1. The molecule has 4 rings (SSSR count). The largest absolute Gasteiger partial charge is 0.488 e. The predicted octanol–water partition coefficient (Wildman–Crippen LogP) is 3.78. The minimum Gasteiger partial charge on any atom is -0.488 e. The second-order valence-electron chi connectivity index (χ2n) is 6.79. The number of nitrogens with two attached hydrogens (primary N) is 1. The van der Waals surface area contributed by atoms with Crippen LogP contribution < -0.4 is 10.5 Å². The van der Waals surface area contributed by atoms with Crippen LogP contribution in [0.3, 0.4) is 0 Å². The second kappa shape index (κ2) is 6.73. The van der Waals surface area contributed by atoms with Gasteiger partial charge in [-0.15, -0.1) is 0 Å². The number of benzene rings is 2. The first-order chi connectivity index (χ1) is 12.2. The summed E-state index contributed by atoms with van der Waals surface area (Å²) in [5.41, 5.74) is 9.94. The SMILES string of the molecule is Cc1cc(OC2CCN(Cc3ccccc3)C2)c2cc(N)ccc2n1. The van der Waals surface area contributed by atoms with Gasteiger partial charge in [-0.05, 0) is 37.1 Å². The third-order valence-corrected chi connectivity index (χ3v) is 4.69. The minimum absolute atomic E-state index is 0.204. The molecule has 0 saturated carbocycles. The smallest absolute Gasteiger partial charge is 0.131 e. The van der Waals surface area contributed by atoms with Gasteiger partial charge in [0.2, 0.25) is 0 Å². The molecule has 1 aliphatic heterocycles. The molecular formula is C21H23N3O. The van der Waals surface area contributed by atoms with Crippen molar-refractivity contribution < 1.29 is 4.74 Å². The summed E-state index contributed by atoms with van der Waals surface area (Å²) in [6, 6.07) is 18.4. The fourth-order valence-electron chi connectivity index (χ4n) is 3.49. The summed E-state index contributed by atoms with van der Waals surface area (Å²) >= 11 is 0. The number of likely N-dealkylation sites (tertiary alicyclic amines) is 1. The van der Waals surface area contributed by atoms with Crippen LogP contribution >= 0.6 is 0 Å². The van der Waals surface area contributed by atoms with E-state index in [0.717, 1.165) is 54.1 Å². The Morgan fingerprint density at radius 2 is 2.00 bits per heavy atom. The van der Waals surface area contributed by atoms with Crippen molar-refractivity contribution in [2.24, 2.45) is 0 Å². The van der Waals surface area contributed by atoms with Gasteiger partial charge in [-0.3, -0.25) is 9.88 Å². The fraction of sp³-hybridized carbons (Fsp3) is 0.286. The number of rotatable bonds is 4. The Balaban J connectivity index is 1.49. The van der Waals surface area contributed by atoms with Crippen LogP contribution in [-0.4, -0.2) is 29.1 Å². The molecule has 1 fully saturated rings. The number of nitrogen functional groups attached to an aromatic ring is 1. The van der Waals surface area contributed by atoms with Gasteiger partial charge in [0.05, 0.1) is 5.52 Å². The van der Waals surface area contributed by atoms with Gasteiger partial charge in [-0.2, -0.15) is 0 Å². The van der Waals surface area contributed by atoms with E-state index in [9.17, 15) is 0 Å². The van der Waals surface area contributed by atoms with E-state index in [1.165, 1.54) is 5.56 Å². The minimum atomic E-state index is 0.204. The Morgan fingerprint density at radius 1 is 1.16 bits per heavy atom. The Kier molecular flexibility index (Phi) is 4.28. The van der Waals surface area contributed by atoms with E-state index in [4.69, 9.17) is 10.5 Å². The van der Waals surface area contributed by atoms with Crippen molar-refractivity contribution in [3.63, 3.8) is 0 Å². The van der Waals surface area contributed by atoms with E-state index in [0.29, 0.717) is 0 Å². The molecule has 1 saturated heterocycles. The number of hydrogen-bond acceptors (Lipinski definition) is 4. The highest BCUT2D eigenvalue weighted by Crippen LogP contribution is 2.29. The van der Waals surface area contributed by atoms with Gasteiger partial charge in [-0.1, -0.05) is 30.3 Å². The van der Waals surface area contributed by atoms with Crippen molar-refractivity contribution in [3.05, 3.63) is 65.9 Å². The van der Waals surface area contributed by atoms with Gasteiger partial charge in [0.25, 0.3) is 0 Å². The maximum absolute atomic E-state index is 6.36. The third-order valence-electron chi connectivity index (χ3n) is 4.69. The quantitative estimate of drug-likeness (QED) is 0.738. The van der Waals surface area contributed by atoms with Crippen molar-refractivity contribution in [3.8, 4) is 5.75 Å². The van der Waals surface area contributed by atoms with Crippen LogP contribution in [0.2, 0.25) is 0 Å². The maximum Gasteiger partial charge on any atom is 0.131 e. The van der Waals surface area contributed by atoms with E-state index in [1.54, 1.807) is 0 Å². The molecule has 1 atom stereocenters. The summed E-state index contributed by atoms with van der Waals surface area (Å²) in [4.78, 5) is 7.03. The topological polar surface area (TPSA) is 51.4 Å². The van der Waals surface area contributed by atoms with Crippen molar-refractivity contribution in [2.75, 3.05) is 18.8 Å². The lowest BCUT2D eigenvalue weighted by Gasteiger charge is -2.18. The van der Waals surface area contributed by atoms with Crippen molar-refractivity contribution in [1.82, 2.24) is 9.88 Å². The first kappa shape index (κ1) is 15.9. The molecular weight excluding hydrogens is 310 g/mol. The number of fused-ring (bicyclic) bond motifs is 1. The predicted molar refractivity (Wildman–Crippen MR) is 102 cm³/mol. The van der Waals surface area contributed by atoms with Crippen LogP contribution in [0.4, 0.5) is 5.69 Å². The molecule has 0 aliphatic carbocycles. The highest BCUT2D eigenvalue weighted by molar-refractivity contribution is 5.88. The van der Waals surface area contributed by atoms with Gasteiger partial charge >= 0.3 is 0 Å². The standard InChI is InChI=1S/C21H23N3O/c1-15-11-21(19-12-17(22)7-8-20(19)23-15)25-18-9-10-24(14-18)13-16-5-3-2-4-6-16/h2-8,11-12,18H,9-10,13-14,22H2,1H3. The normalized spacial score (nSPS) is 17.9. The summed E-state index contributed by atoms with van der Waals surface area (Å²) in [5, 5.41) is 0.993. The van der Waals surface area contributed by atoms with Crippen LogP contribution in [0, 0.1) is 6.92 Å². The van der Waals surface area contributed by atoms with E-state index in [1.807, 2.05) is 31.2 Å². The molecule has 128 valence electrons. The molecule has 0 radical (unpaired) electrons. The summed E-state index contributed by atoms with van der Waals surface area (Å²) in [6.07, 6.45) is 1.24. The summed E-state index contributed by atoms with van der Waals surface area (Å²) in [6.45, 7) is 4.98. The highest BCUT2D eigenvalue weighted by atomic mass is 16.5. The van der Waals surface area contributed by atoms with E-state index < -0.39 is 0 Å². The van der Waals surface area contributed by atoms with E-state index >= 15 is 0 Å². The Morgan fingerprint density at radius 3 is 2.84 bits per heavy atom. The Hall–Kier alpha value is -2.59. The van der Waals surface area contributed by atoms with Crippen LogP contribution in [0.15, 0.2) is 54.6 Å². The molecule has 4 nitrogen and oxygen atoms in total. The molecule has 2 N–H and O–H groups in total. The van der Waals surface area contributed by atoms with Gasteiger partial charge in [0.1, 0.15) is 11.9 Å². The molecule has 1 aliphatic rings. The lowest BCUT2D eigenvalue weighted by atomic mass is 10.1. The molecule has 3 aromatic rings. The molecule has 0 bridgehead atoms. The van der Waals surface area contributed by atoms with Crippen LogP contribution in [-0.2, 0) is 6.54 Å². The lowest BCUT2D eigenvalue weighted by molar-refractivity contribution is 0.200. The molecule has 1 aromatic heterocycles. The van der Waals surface area contributed by atoms with Crippen LogP contribution in [0.25, 0.3) is 10.9 Å². The average Bonchev–Trinajstić information content (AvgIpc) is 3.03. The summed E-state index contributed by atoms with van der Waals surface area (Å²) < 4.78 is 6.36. The second-order valence-corrected chi connectivity index (χ2v) is 6.79. The number of hydrogen-bond donors (Lipinski definition) is 1. The zero-order valence-electron chi connectivity index (χ0n) is 14.5. The number of nitrogens with zero attached hydrogens (tertiary/aromatic N) is 2. The third kappa shape index (κ3) is 3.59. The molecule has 25 heavy (non-hydrogen) atoms. The van der Waals surface area contributed by atoms with Crippen molar-refractivity contribution in [1.29, 1.82) is 0 Å². The van der Waals surface area contributed by atoms with E-state index in [-0.39, 0.29) is 6.10 Å². The van der Waals surface area contributed by atoms with Gasteiger partial charge in [-0.25, -0.2) is 0 Å². The first-order valence-electron chi connectivity index (χ1n) is 8.77. The molecule has 1 unspecified atom stereocenters. The Labute approximate surface area is 148 Å². The van der Waals surface area contributed by atoms with Crippen LogP contribution in [0.1, 0.15) is 17.7 Å². The number of ether oxygens (including phenoxy) is 1.